The van der Waals surface area contributed by atoms with Gasteiger partial charge in [0.25, 0.3) is 0 Å². The molecule has 0 unspecified atom stereocenters. The van der Waals surface area contributed by atoms with Gasteiger partial charge in [-0.1, -0.05) is 54.6 Å². The van der Waals surface area contributed by atoms with E-state index >= 15 is 0 Å². The van der Waals surface area contributed by atoms with Crippen molar-refractivity contribution in [1.82, 2.24) is 0 Å². The molecule has 0 saturated carbocycles. The number of methoxy groups -OCH3 is 2. The van der Waals surface area contributed by atoms with Gasteiger partial charge in [0.15, 0.2) is 9.84 Å². The molecule has 6 heteroatoms. The molecule has 0 atom stereocenters. The standard InChI is InChI=1S/C25H27O5S/c1-4-31(26,27)19-18-30-25(20-8-6-5-7-9-20,21-10-14-23(28-2)15-11-21)22-12-16-24(29-3)17-13-22/h5-17H,1,4,18-19H2,2-3H3. The monoisotopic (exact) mass is 439 g/mol. The topological polar surface area (TPSA) is 61.8 Å². The number of ether oxygens (including phenoxy) is 3. The third kappa shape index (κ3) is 5.09. The Bertz CT molecular complexity index is 1010. The van der Waals surface area contributed by atoms with Crippen molar-refractivity contribution in [3.05, 3.63) is 102 Å². The molecule has 5 nitrogen and oxygen atoms in total. The quantitative estimate of drug-likeness (QED) is 0.442. The number of hydrogen-bond donors (Lipinski definition) is 0. The van der Waals surface area contributed by atoms with Crippen molar-refractivity contribution in [3.63, 3.8) is 0 Å². The molecule has 0 amide bonds. The molecule has 0 spiro atoms. The minimum absolute atomic E-state index is 0.0187. The van der Waals surface area contributed by atoms with E-state index in [0.717, 1.165) is 28.2 Å². The highest BCUT2D eigenvalue weighted by Gasteiger charge is 2.38. The zero-order chi connectivity index (χ0) is 22.3. The van der Waals surface area contributed by atoms with Crippen molar-refractivity contribution >= 4 is 9.84 Å². The highest BCUT2D eigenvalue weighted by atomic mass is 32.2. The normalized spacial score (nSPS) is 11.8. The fourth-order valence-corrected chi connectivity index (χ4v) is 4.04. The molecule has 3 aromatic rings. The van der Waals surface area contributed by atoms with Crippen molar-refractivity contribution in [1.29, 1.82) is 0 Å². The summed E-state index contributed by atoms with van der Waals surface area (Å²) in [5.41, 5.74) is 1.59. The van der Waals surface area contributed by atoms with Crippen molar-refractivity contribution in [2.24, 2.45) is 0 Å². The van der Waals surface area contributed by atoms with Crippen LogP contribution in [0.1, 0.15) is 16.7 Å². The van der Waals surface area contributed by atoms with Gasteiger partial charge in [0.2, 0.25) is 0 Å². The first-order chi connectivity index (χ1) is 14.9. The van der Waals surface area contributed by atoms with Gasteiger partial charge in [-0.3, -0.25) is 0 Å². The van der Waals surface area contributed by atoms with E-state index in [9.17, 15) is 8.42 Å². The van der Waals surface area contributed by atoms with Crippen molar-refractivity contribution < 1.29 is 22.6 Å². The van der Waals surface area contributed by atoms with Gasteiger partial charge in [0, 0.05) is 0 Å². The third-order valence-corrected chi connectivity index (χ3v) is 6.61. The molecule has 0 fully saturated rings. The maximum atomic E-state index is 12.1. The summed E-state index contributed by atoms with van der Waals surface area (Å²) in [7, 11) is -0.0576. The van der Waals surface area contributed by atoms with Crippen LogP contribution in [0.3, 0.4) is 0 Å². The molecule has 1 radical (unpaired) electrons. The van der Waals surface area contributed by atoms with Gasteiger partial charge in [0.1, 0.15) is 17.1 Å². The maximum absolute atomic E-state index is 12.1. The van der Waals surface area contributed by atoms with E-state index in [0.29, 0.717) is 0 Å². The summed E-state index contributed by atoms with van der Waals surface area (Å²) in [4.78, 5) is 0. The Hall–Kier alpha value is -2.83. The molecule has 3 aromatic carbocycles. The lowest BCUT2D eigenvalue weighted by atomic mass is 9.80. The van der Waals surface area contributed by atoms with E-state index < -0.39 is 15.4 Å². The molecule has 163 valence electrons. The minimum atomic E-state index is -3.29. The van der Waals surface area contributed by atoms with E-state index in [1.807, 2.05) is 78.9 Å². The van der Waals surface area contributed by atoms with Crippen LogP contribution < -0.4 is 9.47 Å². The molecule has 0 N–H and O–H groups in total. The van der Waals surface area contributed by atoms with Crippen LogP contribution in [-0.4, -0.2) is 40.7 Å². The Labute approximate surface area is 184 Å². The second-order valence-electron chi connectivity index (χ2n) is 7.00. The van der Waals surface area contributed by atoms with E-state index in [-0.39, 0.29) is 18.1 Å². The number of sulfone groups is 1. The van der Waals surface area contributed by atoms with E-state index in [4.69, 9.17) is 14.2 Å². The summed E-state index contributed by atoms with van der Waals surface area (Å²) in [5, 5.41) is 0. The Morgan fingerprint density at radius 1 is 0.742 bits per heavy atom. The van der Waals surface area contributed by atoms with Gasteiger partial charge >= 0.3 is 0 Å². The lowest BCUT2D eigenvalue weighted by Crippen LogP contribution is -2.34. The van der Waals surface area contributed by atoms with Gasteiger partial charge in [-0.2, -0.15) is 0 Å². The first kappa shape index (κ1) is 22.8. The van der Waals surface area contributed by atoms with Crippen molar-refractivity contribution in [2.75, 3.05) is 32.3 Å². The van der Waals surface area contributed by atoms with Gasteiger partial charge in [-0.15, -0.1) is 0 Å². The number of hydrogen-bond acceptors (Lipinski definition) is 5. The average Bonchev–Trinajstić information content (AvgIpc) is 2.83. The second-order valence-corrected chi connectivity index (χ2v) is 9.31. The summed E-state index contributed by atoms with van der Waals surface area (Å²) >= 11 is 0. The minimum Gasteiger partial charge on any atom is -0.497 e. The molecule has 0 heterocycles. The maximum Gasteiger partial charge on any atom is 0.152 e. The lowest BCUT2D eigenvalue weighted by molar-refractivity contribution is 0.0227. The first-order valence-electron chi connectivity index (χ1n) is 9.93. The first-order valence-corrected chi connectivity index (χ1v) is 11.8. The summed E-state index contributed by atoms with van der Waals surface area (Å²) in [6.07, 6.45) is 0. The SMILES string of the molecule is [CH2]CS(=O)(=O)CCOC(c1ccccc1)(c1ccc(OC)cc1)c1ccc(OC)cc1. The molecular formula is C25H27O5S. The fourth-order valence-electron chi connectivity index (χ4n) is 3.50. The van der Waals surface area contributed by atoms with Gasteiger partial charge in [0.05, 0.1) is 32.3 Å². The van der Waals surface area contributed by atoms with Crippen LogP contribution in [0.15, 0.2) is 78.9 Å². The smallest absolute Gasteiger partial charge is 0.152 e. The predicted octanol–water partition coefficient (Wildman–Crippen LogP) is 4.26. The van der Waals surface area contributed by atoms with Crippen LogP contribution in [0.2, 0.25) is 0 Å². The van der Waals surface area contributed by atoms with Crippen LogP contribution in [0.4, 0.5) is 0 Å². The van der Waals surface area contributed by atoms with Gasteiger partial charge in [-0.05, 0) is 47.9 Å². The fraction of sp³-hybridized carbons (Fsp3) is 0.240. The zero-order valence-electron chi connectivity index (χ0n) is 17.8. The Balaban J connectivity index is 2.18. The summed E-state index contributed by atoms with van der Waals surface area (Å²) in [5.74, 6) is 1.16. The van der Waals surface area contributed by atoms with Crippen LogP contribution in [0, 0.1) is 6.92 Å². The molecule has 0 bridgehead atoms. The highest BCUT2D eigenvalue weighted by Crippen LogP contribution is 2.41. The van der Waals surface area contributed by atoms with E-state index in [1.165, 1.54) is 0 Å². The lowest BCUT2D eigenvalue weighted by Gasteiger charge is -2.36. The Morgan fingerprint density at radius 3 is 1.61 bits per heavy atom. The van der Waals surface area contributed by atoms with Crippen LogP contribution in [0.25, 0.3) is 0 Å². The number of benzene rings is 3. The molecule has 0 saturated heterocycles. The molecule has 0 aromatic heterocycles. The molecule has 31 heavy (non-hydrogen) atoms. The third-order valence-electron chi connectivity index (χ3n) is 5.20. The van der Waals surface area contributed by atoms with Crippen molar-refractivity contribution in [2.45, 2.75) is 5.60 Å². The average molecular weight is 440 g/mol. The second kappa shape index (κ2) is 9.98. The largest absolute Gasteiger partial charge is 0.497 e. The van der Waals surface area contributed by atoms with E-state index in [2.05, 4.69) is 6.92 Å². The molecule has 3 rings (SSSR count). The van der Waals surface area contributed by atoms with Crippen LogP contribution in [0.5, 0.6) is 11.5 Å². The Kier molecular flexibility index (Phi) is 7.36. The summed E-state index contributed by atoms with van der Waals surface area (Å²) in [6, 6.07) is 25.0. The molecule has 0 aliphatic carbocycles. The predicted molar refractivity (Wildman–Crippen MR) is 122 cm³/mol. The zero-order valence-corrected chi connectivity index (χ0v) is 18.6. The highest BCUT2D eigenvalue weighted by molar-refractivity contribution is 7.91. The van der Waals surface area contributed by atoms with E-state index in [1.54, 1.807) is 14.2 Å². The molecule has 0 aliphatic rings. The summed E-state index contributed by atoms with van der Waals surface area (Å²) in [6.45, 7) is 3.53. The van der Waals surface area contributed by atoms with Gasteiger partial charge < -0.3 is 14.2 Å². The van der Waals surface area contributed by atoms with Crippen LogP contribution >= 0.6 is 0 Å². The molecule has 0 aliphatic heterocycles. The molecular weight excluding hydrogens is 412 g/mol. The Morgan fingerprint density at radius 2 is 1.19 bits per heavy atom. The number of rotatable bonds is 10. The van der Waals surface area contributed by atoms with Crippen molar-refractivity contribution in [3.8, 4) is 11.5 Å². The van der Waals surface area contributed by atoms with Gasteiger partial charge in [-0.25, -0.2) is 8.42 Å². The summed E-state index contributed by atoms with van der Waals surface area (Å²) < 4.78 is 41.3. The van der Waals surface area contributed by atoms with Crippen LogP contribution in [-0.2, 0) is 20.2 Å².